The highest BCUT2D eigenvalue weighted by molar-refractivity contribution is 7.80. The molecule has 0 unspecified atom stereocenters. The number of rotatable bonds is 8. The second kappa shape index (κ2) is 10.9. The average molecular weight is 541 g/mol. The summed E-state index contributed by atoms with van der Waals surface area (Å²) in [6.07, 6.45) is 2.60. The zero-order valence-corrected chi connectivity index (χ0v) is 22.4. The molecule has 0 bridgehead atoms. The number of likely N-dealkylation sites (N-methyl/N-ethyl adjacent to an activating group) is 1. The summed E-state index contributed by atoms with van der Waals surface area (Å²) in [6, 6.07) is 8.96. The fraction of sp³-hybridized carbons (Fsp3) is 0.480. The molecule has 4 N–H and O–H groups in total. The SMILES string of the molecule is CN(CCCNC(=S)NC(=O)c1ccccc1)C[C@H]1O[C@@H](n2cnc3c(N)ncnc32)[C@@H]2OC(C)(C)O[C@@H]21. The predicted molar refractivity (Wildman–Crippen MR) is 144 cm³/mol. The Kier molecular flexibility index (Phi) is 7.54. The van der Waals surface area contributed by atoms with Crippen molar-refractivity contribution < 1.29 is 19.0 Å². The first-order valence-electron chi connectivity index (χ1n) is 12.5. The van der Waals surface area contributed by atoms with E-state index in [0.717, 1.165) is 13.0 Å². The highest BCUT2D eigenvalue weighted by Crippen LogP contribution is 2.44. The maximum Gasteiger partial charge on any atom is 0.257 e. The first kappa shape index (κ1) is 26.4. The van der Waals surface area contributed by atoms with Crippen LogP contribution in [0.15, 0.2) is 43.0 Å². The van der Waals surface area contributed by atoms with Crippen molar-refractivity contribution in [1.29, 1.82) is 0 Å². The van der Waals surface area contributed by atoms with Crippen molar-refractivity contribution >= 4 is 40.2 Å². The molecule has 4 atom stereocenters. The van der Waals surface area contributed by atoms with E-state index in [-0.39, 0.29) is 24.2 Å². The number of thiocarbonyl (C=S) groups is 1. The molecule has 3 aromatic rings. The molecule has 2 aliphatic heterocycles. The van der Waals surface area contributed by atoms with Gasteiger partial charge >= 0.3 is 0 Å². The molecule has 5 rings (SSSR count). The average Bonchev–Trinajstić information content (AvgIpc) is 3.54. The summed E-state index contributed by atoms with van der Waals surface area (Å²) in [4.78, 5) is 27.2. The Morgan fingerprint density at radius 2 is 1.95 bits per heavy atom. The molecule has 38 heavy (non-hydrogen) atoms. The van der Waals surface area contributed by atoms with Gasteiger partial charge in [-0.15, -0.1) is 0 Å². The summed E-state index contributed by atoms with van der Waals surface area (Å²) in [5, 5.41) is 6.10. The molecule has 1 amide bonds. The lowest BCUT2D eigenvalue weighted by molar-refractivity contribution is -0.197. The Hall–Kier alpha value is -3.23. The third-order valence-electron chi connectivity index (χ3n) is 6.54. The number of nitrogen functional groups attached to an aromatic ring is 1. The number of ether oxygens (including phenoxy) is 3. The van der Waals surface area contributed by atoms with Gasteiger partial charge in [-0.05, 0) is 58.2 Å². The molecule has 0 saturated carbocycles. The monoisotopic (exact) mass is 540 g/mol. The lowest BCUT2D eigenvalue weighted by Gasteiger charge is -2.27. The van der Waals surface area contributed by atoms with E-state index < -0.39 is 12.0 Å². The van der Waals surface area contributed by atoms with Crippen LogP contribution in [0.5, 0.6) is 0 Å². The van der Waals surface area contributed by atoms with E-state index in [1.54, 1.807) is 18.5 Å². The van der Waals surface area contributed by atoms with Gasteiger partial charge in [-0.3, -0.25) is 14.7 Å². The number of benzene rings is 1. The van der Waals surface area contributed by atoms with Crippen LogP contribution in [0.2, 0.25) is 0 Å². The predicted octanol–water partition coefficient (Wildman–Crippen LogP) is 1.45. The van der Waals surface area contributed by atoms with Crippen molar-refractivity contribution in [1.82, 2.24) is 35.1 Å². The van der Waals surface area contributed by atoms with Gasteiger partial charge in [0, 0.05) is 18.7 Å². The summed E-state index contributed by atoms with van der Waals surface area (Å²) in [7, 11) is 2.03. The van der Waals surface area contributed by atoms with E-state index in [2.05, 4.69) is 30.5 Å². The summed E-state index contributed by atoms with van der Waals surface area (Å²) in [6.45, 7) is 5.84. The molecular formula is C25H32N8O4S. The topological polar surface area (TPSA) is 142 Å². The minimum absolute atomic E-state index is 0.229. The van der Waals surface area contributed by atoms with E-state index in [0.29, 0.717) is 40.7 Å². The molecule has 2 saturated heterocycles. The van der Waals surface area contributed by atoms with Gasteiger partial charge in [0.25, 0.3) is 5.91 Å². The van der Waals surface area contributed by atoms with Crippen LogP contribution >= 0.6 is 12.2 Å². The van der Waals surface area contributed by atoms with Gasteiger partial charge in [0.05, 0.1) is 6.33 Å². The number of hydrogen-bond acceptors (Lipinski definition) is 10. The highest BCUT2D eigenvalue weighted by atomic mass is 32.1. The molecule has 2 aliphatic rings. The number of carbonyl (C=O) groups excluding carboxylic acids is 1. The Bertz CT molecular complexity index is 1300. The van der Waals surface area contributed by atoms with Crippen molar-refractivity contribution in [2.45, 2.75) is 50.6 Å². The number of imidazole rings is 1. The van der Waals surface area contributed by atoms with Crippen LogP contribution in [-0.4, -0.2) is 86.2 Å². The molecule has 13 heteroatoms. The molecular weight excluding hydrogens is 508 g/mol. The number of hydrogen-bond donors (Lipinski definition) is 3. The number of nitrogens with zero attached hydrogens (tertiary/aromatic N) is 5. The zero-order chi connectivity index (χ0) is 26.9. The third-order valence-corrected chi connectivity index (χ3v) is 6.79. The smallest absolute Gasteiger partial charge is 0.257 e. The van der Waals surface area contributed by atoms with Crippen LogP contribution in [0.1, 0.15) is 36.9 Å². The second-order valence-electron chi connectivity index (χ2n) is 9.90. The van der Waals surface area contributed by atoms with Crippen molar-refractivity contribution in [2.24, 2.45) is 0 Å². The van der Waals surface area contributed by atoms with E-state index >= 15 is 0 Å². The first-order valence-corrected chi connectivity index (χ1v) is 12.9. The highest BCUT2D eigenvalue weighted by Gasteiger charge is 2.56. The molecule has 1 aromatic carbocycles. The van der Waals surface area contributed by atoms with Crippen LogP contribution in [-0.2, 0) is 14.2 Å². The number of nitrogens with one attached hydrogen (secondary N) is 2. The van der Waals surface area contributed by atoms with Gasteiger partial charge in [-0.1, -0.05) is 18.2 Å². The minimum Gasteiger partial charge on any atom is -0.382 e. The summed E-state index contributed by atoms with van der Waals surface area (Å²) in [5.74, 6) is -0.650. The molecule has 0 aliphatic carbocycles. The van der Waals surface area contributed by atoms with E-state index in [1.165, 1.54) is 6.33 Å². The maximum absolute atomic E-state index is 12.2. The fourth-order valence-corrected chi connectivity index (χ4v) is 5.04. The summed E-state index contributed by atoms with van der Waals surface area (Å²) >= 11 is 5.26. The van der Waals surface area contributed by atoms with Gasteiger partial charge in [0.2, 0.25) is 0 Å². The zero-order valence-electron chi connectivity index (χ0n) is 21.5. The van der Waals surface area contributed by atoms with Crippen LogP contribution in [0.3, 0.4) is 0 Å². The van der Waals surface area contributed by atoms with Crippen molar-refractivity contribution in [3.8, 4) is 0 Å². The third kappa shape index (κ3) is 5.61. The lowest BCUT2D eigenvalue weighted by atomic mass is 10.1. The van der Waals surface area contributed by atoms with Crippen LogP contribution in [0.25, 0.3) is 11.2 Å². The van der Waals surface area contributed by atoms with E-state index in [1.807, 2.05) is 43.7 Å². The first-order chi connectivity index (χ1) is 18.2. The molecule has 4 heterocycles. The number of amides is 1. The standard InChI is InChI=1S/C25H32N8O4S/c1-25(2)36-18-16(35-23(19(18)37-25)33-14-30-17-20(26)28-13-29-21(17)33)12-32(3)11-7-10-27-24(38)31-22(34)15-8-5-4-6-9-15/h4-6,8-9,13-14,16,18-19,23H,7,10-12H2,1-3H3,(H2,26,28,29)(H2,27,31,34,38)/t16-,18-,19-,23-/m1/s1. The Balaban J connectivity index is 1.14. The molecule has 0 spiro atoms. The lowest BCUT2D eigenvalue weighted by Crippen LogP contribution is -2.41. The molecule has 12 nitrogen and oxygen atoms in total. The van der Waals surface area contributed by atoms with Crippen molar-refractivity contribution in [2.75, 3.05) is 32.4 Å². The Morgan fingerprint density at radius 1 is 1.18 bits per heavy atom. The summed E-state index contributed by atoms with van der Waals surface area (Å²) < 4.78 is 20.8. The van der Waals surface area contributed by atoms with E-state index in [4.69, 9.17) is 32.2 Å². The van der Waals surface area contributed by atoms with E-state index in [9.17, 15) is 4.79 Å². The second-order valence-corrected chi connectivity index (χ2v) is 10.3. The number of carbonyl (C=O) groups is 1. The number of anilines is 1. The Labute approximate surface area is 225 Å². The molecule has 202 valence electrons. The van der Waals surface area contributed by atoms with Crippen molar-refractivity contribution in [3.63, 3.8) is 0 Å². The van der Waals surface area contributed by atoms with Crippen LogP contribution < -0.4 is 16.4 Å². The van der Waals surface area contributed by atoms with Gasteiger partial charge in [0.1, 0.15) is 30.2 Å². The van der Waals surface area contributed by atoms with Gasteiger partial charge in [0.15, 0.2) is 28.6 Å². The van der Waals surface area contributed by atoms with Crippen LogP contribution in [0, 0.1) is 0 Å². The molecule has 0 radical (unpaired) electrons. The van der Waals surface area contributed by atoms with Crippen LogP contribution in [0.4, 0.5) is 5.82 Å². The van der Waals surface area contributed by atoms with Gasteiger partial charge in [-0.2, -0.15) is 0 Å². The quantitative estimate of drug-likeness (QED) is 0.282. The fourth-order valence-electron chi connectivity index (χ4n) is 4.84. The molecule has 2 fully saturated rings. The largest absolute Gasteiger partial charge is 0.382 e. The number of nitrogens with two attached hydrogens (primary N) is 1. The van der Waals surface area contributed by atoms with Gasteiger partial charge < -0.3 is 30.2 Å². The maximum atomic E-state index is 12.2. The number of fused-ring (bicyclic) bond motifs is 2. The normalized spacial score (nSPS) is 24.0. The molecule has 2 aromatic heterocycles. The Morgan fingerprint density at radius 3 is 2.74 bits per heavy atom. The minimum atomic E-state index is -0.734. The summed E-state index contributed by atoms with van der Waals surface area (Å²) in [5.41, 5.74) is 7.65. The van der Waals surface area contributed by atoms with Crippen molar-refractivity contribution in [3.05, 3.63) is 48.5 Å². The number of aromatic nitrogens is 4. The van der Waals surface area contributed by atoms with Gasteiger partial charge in [-0.25, -0.2) is 15.0 Å².